The summed E-state index contributed by atoms with van der Waals surface area (Å²) < 4.78 is 1.88. The van der Waals surface area contributed by atoms with Crippen LogP contribution >= 0.6 is 23.2 Å². The molecule has 0 aliphatic carbocycles. The molecule has 0 radical (unpaired) electrons. The van der Waals surface area contributed by atoms with Gasteiger partial charge in [-0.3, -0.25) is 0 Å². The van der Waals surface area contributed by atoms with E-state index in [1.54, 1.807) is 36.8 Å². The molecule has 0 amide bonds. The number of aliphatic hydroxyl groups is 1. The van der Waals surface area contributed by atoms with E-state index in [4.69, 9.17) is 23.2 Å². The van der Waals surface area contributed by atoms with Crippen LogP contribution in [0.15, 0.2) is 67.3 Å². The number of aromatic nitrogens is 2. The Hall–Kier alpha value is -1.81. The first kappa shape index (κ1) is 16.1. The Bertz CT molecular complexity index is 722. The molecule has 0 spiro atoms. The van der Waals surface area contributed by atoms with Crippen LogP contribution < -0.4 is 0 Å². The zero-order valence-electron chi connectivity index (χ0n) is 12.5. The molecule has 5 heteroatoms. The van der Waals surface area contributed by atoms with Crippen molar-refractivity contribution in [3.8, 4) is 0 Å². The summed E-state index contributed by atoms with van der Waals surface area (Å²) in [5.74, 6) is 0. The molecule has 23 heavy (non-hydrogen) atoms. The third-order valence-electron chi connectivity index (χ3n) is 4.15. The van der Waals surface area contributed by atoms with Gasteiger partial charge in [0, 0.05) is 22.4 Å². The van der Waals surface area contributed by atoms with Crippen molar-refractivity contribution in [2.24, 2.45) is 0 Å². The number of benzene rings is 2. The summed E-state index contributed by atoms with van der Waals surface area (Å²) in [5, 5.41) is 12.9. The third kappa shape index (κ3) is 3.00. The maximum absolute atomic E-state index is 11.6. The minimum absolute atomic E-state index is 0.271. The molecule has 3 nitrogen and oxygen atoms in total. The van der Waals surface area contributed by atoms with Crippen LogP contribution in [0.5, 0.6) is 0 Å². The average molecular weight is 347 g/mol. The van der Waals surface area contributed by atoms with Gasteiger partial charge in [-0.25, -0.2) is 4.98 Å². The second kappa shape index (κ2) is 6.36. The van der Waals surface area contributed by atoms with E-state index in [1.165, 1.54) is 0 Å². The van der Waals surface area contributed by atoms with E-state index >= 15 is 0 Å². The van der Waals surface area contributed by atoms with Crippen LogP contribution in [0.25, 0.3) is 0 Å². The molecule has 118 valence electrons. The van der Waals surface area contributed by atoms with E-state index < -0.39 is 5.60 Å². The van der Waals surface area contributed by atoms with Crippen molar-refractivity contribution < 1.29 is 5.11 Å². The van der Waals surface area contributed by atoms with E-state index in [0.29, 0.717) is 10.0 Å². The second-order valence-corrected chi connectivity index (χ2v) is 6.34. The fourth-order valence-corrected chi connectivity index (χ4v) is 3.02. The molecule has 0 aliphatic heterocycles. The molecular formula is C18H16Cl2N2O. The molecule has 1 atom stereocenters. The number of hydrogen-bond acceptors (Lipinski definition) is 2. The first-order chi connectivity index (χ1) is 11.0. The van der Waals surface area contributed by atoms with Gasteiger partial charge in [0.25, 0.3) is 0 Å². The molecule has 0 aliphatic rings. The van der Waals surface area contributed by atoms with Gasteiger partial charge in [0.2, 0.25) is 0 Å². The number of hydrogen-bond donors (Lipinski definition) is 1. The standard InChI is InChI=1S/C18H16Cl2N2O/c1-13(22-11-10-21-12-22)18(23,14-2-6-16(19)7-3-14)15-4-8-17(20)9-5-15/h2-13,23H,1H3/t13-/m1/s1. The third-order valence-corrected chi connectivity index (χ3v) is 4.65. The predicted molar refractivity (Wildman–Crippen MR) is 92.8 cm³/mol. The van der Waals surface area contributed by atoms with Crippen LogP contribution in [0.1, 0.15) is 24.1 Å². The van der Waals surface area contributed by atoms with Gasteiger partial charge in [0.1, 0.15) is 5.60 Å². The highest BCUT2D eigenvalue weighted by Gasteiger charge is 2.38. The lowest BCUT2D eigenvalue weighted by molar-refractivity contribution is 0.0295. The Kier molecular flexibility index (Phi) is 4.44. The molecule has 0 saturated carbocycles. The van der Waals surface area contributed by atoms with Gasteiger partial charge < -0.3 is 9.67 Å². The molecule has 3 rings (SSSR count). The number of imidazole rings is 1. The van der Waals surface area contributed by atoms with Crippen LogP contribution in [0, 0.1) is 0 Å². The van der Waals surface area contributed by atoms with Crippen LogP contribution in [0.3, 0.4) is 0 Å². The topological polar surface area (TPSA) is 38.0 Å². The van der Waals surface area contributed by atoms with Crippen molar-refractivity contribution in [3.05, 3.63) is 88.4 Å². The van der Waals surface area contributed by atoms with Crippen LogP contribution in [-0.4, -0.2) is 14.7 Å². The fourth-order valence-electron chi connectivity index (χ4n) is 2.77. The summed E-state index contributed by atoms with van der Waals surface area (Å²) in [4.78, 5) is 4.08. The zero-order chi connectivity index (χ0) is 16.4. The molecule has 0 bridgehead atoms. The highest BCUT2D eigenvalue weighted by molar-refractivity contribution is 6.30. The van der Waals surface area contributed by atoms with Crippen molar-refractivity contribution in [2.45, 2.75) is 18.6 Å². The Morgan fingerprint density at radius 3 is 1.83 bits per heavy atom. The molecule has 1 N–H and O–H groups in total. The maximum atomic E-state index is 11.6. The summed E-state index contributed by atoms with van der Waals surface area (Å²) in [6, 6.07) is 14.2. The van der Waals surface area contributed by atoms with E-state index in [2.05, 4.69) is 4.98 Å². The molecule has 3 aromatic rings. The fraction of sp³-hybridized carbons (Fsp3) is 0.167. The van der Waals surface area contributed by atoms with E-state index in [1.807, 2.05) is 42.0 Å². The first-order valence-electron chi connectivity index (χ1n) is 7.23. The highest BCUT2D eigenvalue weighted by atomic mass is 35.5. The van der Waals surface area contributed by atoms with Gasteiger partial charge in [-0.15, -0.1) is 0 Å². The SMILES string of the molecule is C[C@@H](n1ccnc1)C(O)(c1ccc(Cl)cc1)c1ccc(Cl)cc1. The lowest BCUT2D eigenvalue weighted by Gasteiger charge is -2.36. The summed E-state index contributed by atoms with van der Waals surface area (Å²) in [6.07, 6.45) is 5.23. The van der Waals surface area contributed by atoms with E-state index in [0.717, 1.165) is 11.1 Å². The minimum Gasteiger partial charge on any atom is -0.378 e. The van der Waals surface area contributed by atoms with Crippen molar-refractivity contribution >= 4 is 23.2 Å². The van der Waals surface area contributed by atoms with E-state index in [9.17, 15) is 5.11 Å². The van der Waals surface area contributed by atoms with Gasteiger partial charge in [-0.1, -0.05) is 47.5 Å². The zero-order valence-corrected chi connectivity index (χ0v) is 14.0. The van der Waals surface area contributed by atoms with Crippen molar-refractivity contribution in [1.29, 1.82) is 0 Å². The summed E-state index contributed by atoms with van der Waals surface area (Å²) in [5.41, 5.74) is 0.270. The Morgan fingerprint density at radius 1 is 0.957 bits per heavy atom. The predicted octanol–water partition coefficient (Wildman–Crippen LogP) is 4.69. The minimum atomic E-state index is -1.24. The lowest BCUT2D eigenvalue weighted by Crippen LogP contribution is -2.36. The van der Waals surface area contributed by atoms with Crippen LogP contribution in [0.4, 0.5) is 0 Å². The van der Waals surface area contributed by atoms with Crippen molar-refractivity contribution in [2.75, 3.05) is 0 Å². The molecular weight excluding hydrogens is 331 g/mol. The molecule has 1 heterocycles. The van der Waals surface area contributed by atoms with Gasteiger partial charge in [-0.05, 0) is 42.3 Å². The van der Waals surface area contributed by atoms with Gasteiger partial charge >= 0.3 is 0 Å². The number of rotatable bonds is 4. The normalized spacial score (nSPS) is 13.0. The highest BCUT2D eigenvalue weighted by Crippen LogP contribution is 2.40. The van der Waals surface area contributed by atoms with Gasteiger partial charge in [-0.2, -0.15) is 0 Å². The second-order valence-electron chi connectivity index (χ2n) is 5.47. The van der Waals surface area contributed by atoms with Gasteiger partial charge in [0.15, 0.2) is 0 Å². The van der Waals surface area contributed by atoms with Crippen molar-refractivity contribution in [3.63, 3.8) is 0 Å². The van der Waals surface area contributed by atoms with Crippen LogP contribution in [0.2, 0.25) is 10.0 Å². The molecule has 0 unspecified atom stereocenters. The lowest BCUT2D eigenvalue weighted by atomic mass is 9.80. The Labute approximate surface area is 145 Å². The Morgan fingerprint density at radius 2 is 1.43 bits per heavy atom. The quantitative estimate of drug-likeness (QED) is 0.744. The number of nitrogens with zero attached hydrogens (tertiary/aromatic N) is 2. The summed E-state index contributed by atoms with van der Waals surface area (Å²) >= 11 is 12.0. The average Bonchev–Trinajstić information content (AvgIpc) is 3.09. The molecule has 0 saturated heterocycles. The molecule has 2 aromatic carbocycles. The summed E-state index contributed by atoms with van der Waals surface area (Å²) in [6.45, 7) is 1.95. The first-order valence-corrected chi connectivity index (χ1v) is 7.99. The number of halogens is 2. The largest absolute Gasteiger partial charge is 0.378 e. The van der Waals surface area contributed by atoms with Crippen LogP contribution in [-0.2, 0) is 5.60 Å². The molecule has 0 fully saturated rings. The monoisotopic (exact) mass is 346 g/mol. The maximum Gasteiger partial charge on any atom is 0.135 e. The smallest absolute Gasteiger partial charge is 0.135 e. The van der Waals surface area contributed by atoms with E-state index in [-0.39, 0.29) is 6.04 Å². The summed E-state index contributed by atoms with van der Waals surface area (Å²) in [7, 11) is 0. The Balaban J connectivity index is 2.16. The molecule has 1 aromatic heterocycles. The van der Waals surface area contributed by atoms with Crippen molar-refractivity contribution in [1.82, 2.24) is 9.55 Å². The van der Waals surface area contributed by atoms with Gasteiger partial charge in [0.05, 0.1) is 12.4 Å².